The summed E-state index contributed by atoms with van der Waals surface area (Å²) in [6, 6.07) is -1.91. The Balaban J connectivity index is 5.27. The van der Waals surface area contributed by atoms with Gasteiger partial charge in [-0.15, -0.1) is 0 Å². The van der Waals surface area contributed by atoms with E-state index in [1.807, 2.05) is 0 Å². The third kappa shape index (κ3) is 6.54. The molecule has 8 heteroatoms. The lowest BCUT2D eigenvalue weighted by Crippen LogP contribution is -2.55. The van der Waals surface area contributed by atoms with Crippen LogP contribution in [-0.4, -0.2) is 52.2 Å². The summed E-state index contributed by atoms with van der Waals surface area (Å²) >= 11 is 0. The van der Waals surface area contributed by atoms with Crippen molar-refractivity contribution in [1.29, 1.82) is 0 Å². The minimum Gasteiger partial charge on any atom is -0.481 e. The SMILES string of the molecule is CCC(CN)N(C(=O)OC(C)(C)C)C(=O)[C@@H](N)CC(=O)O. The minimum atomic E-state index is -1.32. The molecule has 0 heterocycles. The zero-order valence-corrected chi connectivity index (χ0v) is 13.0. The van der Waals surface area contributed by atoms with E-state index < -0.39 is 42.1 Å². The number of hydrogen-bond donors (Lipinski definition) is 3. The summed E-state index contributed by atoms with van der Waals surface area (Å²) in [7, 11) is 0. The summed E-state index contributed by atoms with van der Waals surface area (Å²) in [5.41, 5.74) is 10.3. The van der Waals surface area contributed by atoms with Crippen LogP contribution in [0.3, 0.4) is 0 Å². The zero-order valence-electron chi connectivity index (χ0n) is 13.0. The van der Waals surface area contributed by atoms with E-state index in [2.05, 4.69) is 0 Å². The van der Waals surface area contributed by atoms with Crippen LogP contribution in [0.1, 0.15) is 40.5 Å². The second-order valence-corrected chi connectivity index (χ2v) is 5.69. The predicted molar refractivity (Wildman–Crippen MR) is 76.4 cm³/mol. The Morgan fingerprint density at radius 3 is 2.14 bits per heavy atom. The first-order valence-corrected chi connectivity index (χ1v) is 6.77. The van der Waals surface area contributed by atoms with Crippen LogP contribution in [0.2, 0.25) is 0 Å². The van der Waals surface area contributed by atoms with Gasteiger partial charge in [-0.25, -0.2) is 9.69 Å². The quantitative estimate of drug-likeness (QED) is 0.641. The number of rotatable bonds is 6. The number of ether oxygens (including phenoxy) is 1. The molecule has 0 saturated carbocycles. The molecule has 0 radical (unpaired) electrons. The average Bonchev–Trinajstić information content (AvgIpc) is 2.31. The largest absolute Gasteiger partial charge is 0.481 e. The average molecular weight is 303 g/mol. The number of carboxylic acids is 1. The van der Waals surface area contributed by atoms with Gasteiger partial charge >= 0.3 is 12.1 Å². The van der Waals surface area contributed by atoms with Gasteiger partial charge in [-0.3, -0.25) is 9.59 Å². The van der Waals surface area contributed by atoms with Gasteiger partial charge in [-0.05, 0) is 27.2 Å². The molecule has 0 spiro atoms. The van der Waals surface area contributed by atoms with E-state index in [1.54, 1.807) is 27.7 Å². The van der Waals surface area contributed by atoms with Gasteiger partial charge in [0.25, 0.3) is 0 Å². The summed E-state index contributed by atoms with van der Waals surface area (Å²) in [6.07, 6.45) is -1.02. The van der Waals surface area contributed by atoms with Crippen molar-refractivity contribution in [2.75, 3.05) is 6.54 Å². The van der Waals surface area contributed by atoms with Gasteiger partial charge in [0.15, 0.2) is 0 Å². The second kappa shape index (κ2) is 7.94. The lowest BCUT2D eigenvalue weighted by Gasteiger charge is -2.32. The smallest absolute Gasteiger partial charge is 0.417 e. The molecule has 0 aromatic rings. The molecule has 0 aliphatic carbocycles. The first-order chi connectivity index (χ1) is 9.53. The van der Waals surface area contributed by atoms with Crippen molar-refractivity contribution in [3.05, 3.63) is 0 Å². The molecule has 0 fully saturated rings. The molecule has 0 rings (SSSR count). The molecule has 0 bridgehead atoms. The van der Waals surface area contributed by atoms with E-state index in [1.165, 1.54) is 0 Å². The van der Waals surface area contributed by atoms with E-state index in [-0.39, 0.29) is 6.54 Å². The molecule has 2 amide bonds. The highest BCUT2D eigenvalue weighted by atomic mass is 16.6. The molecule has 0 aliphatic heterocycles. The van der Waals surface area contributed by atoms with Crippen LogP contribution in [0.5, 0.6) is 0 Å². The third-order valence-electron chi connectivity index (χ3n) is 2.65. The molecule has 0 saturated heterocycles. The highest BCUT2D eigenvalue weighted by molar-refractivity contribution is 5.97. The highest BCUT2D eigenvalue weighted by Gasteiger charge is 2.35. The molecule has 1 unspecified atom stereocenters. The summed E-state index contributed by atoms with van der Waals surface area (Å²) in [5.74, 6) is -2.02. The van der Waals surface area contributed by atoms with Crippen molar-refractivity contribution in [3.8, 4) is 0 Å². The summed E-state index contributed by atoms with van der Waals surface area (Å²) in [5, 5.41) is 8.70. The van der Waals surface area contributed by atoms with Crippen LogP contribution in [-0.2, 0) is 14.3 Å². The van der Waals surface area contributed by atoms with Gasteiger partial charge in [0.2, 0.25) is 5.91 Å². The fourth-order valence-corrected chi connectivity index (χ4v) is 1.64. The van der Waals surface area contributed by atoms with Gasteiger partial charge in [0, 0.05) is 6.54 Å². The van der Waals surface area contributed by atoms with Crippen LogP contribution >= 0.6 is 0 Å². The van der Waals surface area contributed by atoms with E-state index in [9.17, 15) is 14.4 Å². The Bertz CT molecular complexity index is 388. The maximum atomic E-state index is 12.2. The van der Waals surface area contributed by atoms with Gasteiger partial charge in [-0.1, -0.05) is 6.92 Å². The lowest BCUT2D eigenvalue weighted by molar-refractivity contribution is -0.142. The number of aliphatic carboxylic acids is 1. The molecule has 0 aliphatic rings. The molecule has 21 heavy (non-hydrogen) atoms. The van der Waals surface area contributed by atoms with E-state index in [4.69, 9.17) is 21.3 Å². The van der Waals surface area contributed by atoms with Crippen LogP contribution in [0.25, 0.3) is 0 Å². The van der Waals surface area contributed by atoms with Gasteiger partial charge in [0.05, 0.1) is 18.5 Å². The summed E-state index contributed by atoms with van der Waals surface area (Å²) < 4.78 is 5.17. The Morgan fingerprint density at radius 1 is 1.29 bits per heavy atom. The fraction of sp³-hybridized carbons (Fsp3) is 0.769. The van der Waals surface area contributed by atoms with Crippen LogP contribution in [0.4, 0.5) is 4.79 Å². The lowest BCUT2D eigenvalue weighted by atomic mass is 10.1. The van der Waals surface area contributed by atoms with E-state index in [0.717, 1.165) is 4.90 Å². The predicted octanol–water partition coefficient (Wildman–Crippen LogP) is 0.289. The van der Waals surface area contributed by atoms with Gasteiger partial charge in [0.1, 0.15) is 5.60 Å². The Labute approximate surface area is 124 Å². The zero-order chi connectivity index (χ0) is 16.8. The third-order valence-corrected chi connectivity index (χ3v) is 2.65. The van der Waals surface area contributed by atoms with Crippen molar-refractivity contribution < 1.29 is 24.2 Å². The number of nitrogens with two attached hydrogens (primary N) is 2. The standard InChI is InChI=1S/C13H25N3O5/c1-5-8(7-14)16(12(20)21-13(2,3)4)11(19)9(15)6-10(17)18/h8-9H,5-7,14-15H2,1-4H3,(H,17,18)/t8?,9-/m0/s1. The molecular weight excluding hydrogens is 278 g/mol. The Hall–Kier alpha value is -1.67. The molecule has 0 aromatic carbocycles. The van der Waals surface area contributed by atoms with Crippen LogP contribution in [0.15, 0.2) is 0 Å². The van der Waals surface area contributed by atoms with Crippen LogP contribution in [0, 0.1) is 0 Å². The summed E-state index contributed by atoms with van der Waals surface area (Å²) in [4.78, 5) is 35.9. The van der Waals surface area contributed by atoms with Gasteiger partial charge < -0.3 is 21.3 Å². The first-order valence-electron chi connectivity index (χ1n) is 6.77. The molecule has 2 atom stereocenters. The second-order valence-electron chi connectivity index (χ2n) is 5.69. The molecule has 8 nitrogen and oxygen atoms in total. The number of carboxylic acid groups (broad SMARTS) is 1. The van der Waals surface area contributed by atoms with Crippen molar-refractivity contribution in [2.45, 2.75) is 58.2 Å². The van der Waals surface area contributed by atoms with E-state index >= 15 is 0 Å². The highest BCUT2D eigenvalue weighted by Crippen LogP contribution is 2.15. The normalized spacial score (nSPS) is 14.2. The van der Waals surface area contributed by atoms with Gasteiger partial charge in [-0.2, -0.15) is 0 Å². The maximum absolute atomic E-state index is 12.2. The number of carbonyl (C=O) groups excluding carboxylic acids is 2. The summed E-state index contributed by atoms with van der Waals surface area (Å²) in [6.45, 7) is 6.78. The van der Waals surface area contributed by atoms with Crippen molar-refractivity contribution in [2.24, 2.45) is 11.5 Å². The molecule has 122 valence electrons. The first kappa shape index (κ1) is 19.3. The number of hydrogen-bond acceptors (Lipinski definition) is 6. The minimum absolute atomic E-state index is 0.0429. The van der Waals surface area contributed by atoms with Crippen molar-refractivity contribution in [1.82, 2.24) is 4.90 Å². The number of imide groups is 1. The molecular formula is C13H25N3O5. The number of nitrogens with zero attached hydrogens (tertiary/aromatic N) is 1. The molecule has 5 N–H and O–H groups in total. The van der Waals surface area contributed by atoms with Crippen molar-refractivity contribution >= 4 is 18.0 Å². The van der Waals surface area contributed by atoms with Crippen LogP contribution < -0.4 is 11.5 Å². The maximum Gasteiger partial charge on any atom is 0.417 e. The number of carbonyl (C=O) groups is 3. The fourth-order valence-electron chi connectivity index (χ4n) is 1.64. The number of amides is 2. The Kier molecular flexibility index (Phi) is 7.31. The van der Waals surface area contributed by atoms with E-state index in [0.29, 0.717) is 6.42 Å². The topological polar surface area (TPSA) is 136 Å². The Morgan fingerprint density at radius 2 is 1.81 bits per heavy atom. The monoisotopic (exact) mass is 303 g/mol. The van der Waals surface area contributed by atoms with Crippen molar-refractivity contribution in [3.63, 3.8) is 0 Å². The molecule has 0 aromatic heterocycles.